The van der Waals surface area contributed by atoms with Gasteiger partial charge in [-0.05, 0) is 13.0 Å². The zero-order valence-corrected chi connectivity index (χ0v) is 11.8. The first kappa shape index (κ1) is 14.3. The molecule has 106 valence electrons. The molecule has 0 atom stereocenters. The summed E-state index contributed by atoms with van der Waals surface area (Å²) in [4.78, 5) is 15.8. The number of aryl methyl sites for hydroxylation is 1. The van der Waals surface area contributed by atoms with Crippen molar-refractivity contribution in [3.8, 4) is 0 Å². The van der Waals surface area contributed by atoms with E-state index in [4.69, 9.17) is 0 Å². The second-order valence-electron chi connectivity index (χ2n) is 3.91. The van der Waals surface area contributed by atoms with Gasteiger partial charge in [-0.15, -0.1) is 0 Å². The normalized spacial score (nSPS) is 11.3. The summed E-state index contributed by atoms with van der Waals surface area (Å²) in [6.07, 6.45) is 4.07. The van der Waals surface area contributed by atoms with Crippen LogP contribution in [0.15, 0.2) is 29.6 Å². The minimum atomic E-state index is -3.66. The van der Waals surface area contributed by atoms with Gasteiger partial charge in [-0.2, -0.15) is 0 Å². The van der Waals surface area contributed by atoms with E-state index >= 15 is 0 Å². The number of hydrogen-bond donors (Lipinski definition) is 2. The molecule has 2 aromatic rings. The molecular weight excluding hydrogens is 280 g/mol. The Bertz CT molecular complexity index is 686. The molecule has 0 saturated carbocycles. The lowest BCUT2D eigenvalue weighted by atomic mass is 10.4. The summed E-state index contributed by atoms with van der Waals surface area (Å²) in [5.41, 5.74) is 0.592. The molecule has 8 nitrogen and oxygen atoms in total. The maximum absolute atomic E-state index is 12.0. The Morgan fingerprint density at radius 1 is 1.20 bits per heavy atom. The molecule has 2 N–H and O–H groups in total. The standard InChI is InChI=1S/C11H14N6O2S/c1-8-13-4-3-9(17-8)5-16-20(18,19)10-6-14-11(12-2)15-7-10/h3-4,6-7,16H,5H2,1-2H3,(H,12,14,15). The van der Waals surface area contributed by atoms with Crippen LogP contribution in [0, 0.1) is 6.92 Å². The van der Waals surface area contributed by atoms with Crippen molar-refractivity contribution in [2.75, 3.05) is 12.4 Å². The molecule has 2 heterocycles. The number of nitrogens with one attached hydrogen (secondary N) is 2. The molecular formula is C11H14N6O2S. The molecule has 20 heavy (non-hydrogen) atoms. The summed E-state index contributed by atoms with van der Waals surface area (Å²) in [6.45, 7) is 1.82. The maximum Gasteiger partial charge on any atom is 0.243 e. The Morgan fingerprint density at radius 3 is 2.50 bits per heavy atom. The van der Waals surface area contributed by atoms with Gasteiger partial charge >= 0.3 is 0 Å². The van der Waals surface area contributed by atoms with Gasteiger partial charge in [-0.25, -0.2) is 33.1 Å². The first-order chi connectivity index (χ1) is 9.51. The summed E-state index contributed by atoms with van der Waals surface area (Å²) in [7, 11) is -2.01. The predicted molar refractivity (Wildman–Crippen MR) is 72.4 cm³/mol. The molecule has 2 rings (SSSR count). The Kier molecular flexibility index (Phi) is 4.20. The largest absolute Gasteiger partial charge is 0.357 e. The summed E-state index contributed by atoms with van der Waals surface area (Å²) in [6, 6.07) is 1.65. The Labute approximate surface area is 116 Å². The Hall–Kier alpha value is -2.13. The third kappa shape index (κ3) is 3.45. The minimum absolute atomic E-state index is 0.00211. The first-order valence-corrected chi connectivity index (χ1v) is 7.27. The average molecular weight is 294 g/mol. The zero-order chi connectivity index (χ0) is 14.6. The predicted octanol–water partition coefficient (Wildman–Crippen LogP) is 0.0952. The molecule has 0 bridgehead atoms. The van der Waals surface area contributed by atoms with Crippen molar-refractivity contribution in [1.29, 1.82) is 0 Å². The van der Waals surface area contributed by atoms with E-state index in [1.807, 2.05) is 0 Å². The molecule has 0 aromatic carbocycles. The van der Waals surface area contributed by atoms with Crippen LogP contribution in [0.2, 0.25) is 0 Å². The van der Waals surface area contributed by atoms with Gasteiger partial charge < -0.3 is 5.32 Å². The first-order valence-electron chi connectivity index (χ1n) is 5.79. The fourth-order valence-electron chi connectivity index (χ4n) is 1.44. The lowest BCUT2D eigenvalue weighted by molar-refractivity contribution is 0.579. The lowest BCUT2D eigenvalue weighted by Gasteiger charge is -2.06. The van der Waals surface area contributed by atoms with E-state index in [-0.39, 0.29) is 11.4 Å². The van der Waals surface area contributed by atoms with E-state index in [0.29, 0.717) is 17.5 Å². The van der Waals surface area contributed by atoms with Gasteiger partial charge in [0.15, 0.2) is 0 Å². The van der Waals surface area contributed by atoms with Crippen LogP contribution in [-0.4, -0.2) is 35.4 Å². The van der Waals surface area contributed by atoms with Crippen molar-refractivity contribution in [1.82, 2.24) is 24.7 Å². The van der Waals surface area contributed by atoms with Gasteiger partial charge in [0.25, 0.3) is 0 Å². The number of rotatable bonds is 5. The number of aromatic nitrogens is 4. The van der Waals surface area contributed by atoms with Crippen LogP contribution in [0.25, 0.3) is 0 Å². The molecule has 0 radical (unpaired) electrons. The number of nitrogens with zero attached hydrogens (tertiary/aromatic N) is 4. The highest BCUT2D eigenvalue weighted by Gasteiger charge is 2.15. The number of sulfonamides is 1. The van der Waals surface area contributed by atoms with Gasteiger partial charge in [0, 0.05) is 13.2 Å². The molecule has 9 heteroatoms. The van der Waals surface area contributed by atoms with Crippen LogP contribution in [0.3, 0.4) is 0 Å². The van der Waals surface area contributed by atoms with E-state index in [0.717, 1.165) is 0 Å². The van der Waals surface area contributed by atoms with Gasteiger partial charge in [-0.1, -0.05) is 0 Å². The van der Waals surface area contributed by atoms with Crippen molar-refractivity contribution in [2.45, 2.75) is 18.4 Å². The Balaban J connectivity index is 2.10. The zero-order valence-electron chi connectivity index (χ0n) is 11.0. The van der Waals surface area contributed by atoms with Crippen molar-refractivity contribution >= 4 is 16.0 Å². The summed E-state index contributed by atoms with van der Waals surface area (Å²) in [5.74, 6) is 0.943. The highest BCUT2D eigenvalue weighted by molar-refractivity contribution is 7.89. The smallest absolute Gasteiger partial charge is 0.243 e. The minimum Gasteiger partial charge on any atom is -0.357 e. The van der Waals surface area contributed by atoms with Crippen LogP contribution in [0.5, 0.6) is 0 Å². The van der Waals surface area contributed by atoms with E-state index < -0.39 is 10.0 Å². The molecule has 0 amide bonds. The van der Waals surface area contributed by atoms with Crippen LogP contribution in [0.1, 0.15) is 11.5 Å². The average Bonchev–Trinajstić information content (AvgIpc) is 2.45. The topological polar surface area (TPSA) is 110 Å². The molecule has 0 fully saturated rings. The lowest BCUT2D eigenvalue weighted by Crippen LogP contribution is -2.24. The summed E-state index contributed by atoms with van der Waals surface area (Å²) in [5, 5.41) is 2.72. The molecule has 0 aliphatic heterocycles. The van der Waals surface area contributed by atoms with Gasteiger partial charge in [-0.3, -0.25) is 0 Å². The van der Waals surface area contributed by atoms with Gasteiger partial charge in [0.2, 0.25) is 16.0 Å². The monoisotopic (exact) mass is 294 g/mol. The van der Waals surface area contributed by atoms with Gasteiger partial charge in [0.05, 0.1) is 24.6 Å². The van der Waals surface area contributed by atoms with E-state index in [2.05, 4.69) is 30.0 Å². The van der Waals surface area contributed by atoms with Crippen molar-refractivity contribution in [3.05, 3.63) is 36.2 Å². The van der Waals surface area contributed by atoms with Crippen LogP contribution in [0.4, 0.5) is 5.95 Å². The summed E-state index contributed by atoms with van der Waals surface area (Å²) >= 11 is 0. The Morgan fingerprint density at radius 2 is 1.90 bits per heavy atom. The van der Waals surface area contributed by atoms with E-state index in [9.17, 15) is 8.42 Å². The number of hydrogen-bond acceptors (Lipinski definition) is 7. The molecule has 0 aliphatic rings. The maximum atomic E-state index is 12.0. The molecule has 0 aliphatic carbocycles. The third-order valence-electron chi connectivity index (χ3n) is 2.44. The fourth-order valence-corrected chi connectivity index (χ4v) is 2.33. The highest BCUT2D eigenvalue weighted by atomic mass is 32.2. The van der Waals surface area contributed by atoms with Crippen LogP contribution in [-0.2, 0) is 16.6 Å². The van der Waals surface area contributed by atoms with Gasteiger partial charge in [0.1, 0.15) is 10.7 Å². The second kappa shape index (κ2) is 5.88. The summed E-state index contributed by atoms with van der Waals surface area (Å²) < 4.78 is 26.5. The van der Waals surface area contributed by atoms with Crippen molar-refractivity contribution < 1.29 is 8.42 Å². The van der Waals surface area contributed by atoms with Crippen molar-refractivity contribution in [3.63, 3.8) is 0 Å². The SMILES string of the molecule is CNc1ncc(S(=O)(=O)NCc2ccnc(C)n2)cn1. The second-order valence-corrected chi connectivity index (χ2v) is 5.68. The van der Waals surface area contributed by atoms with Crippen LogP contribution < -0.4 is 10.0 Å². The third-order valence-corrected chi connectivity index (χ3v) is 3.79. The number of anilines is 1. The molecule has 0 saturated heterocycles. The fraction of sp³-hybridized carbons (Fsp3) is 0.273. The highest BCUT2D eigenvalue weighted by Crippen LogP contribution is 2.07. The molecule has 0 unspecified atom stereocenters. The molecule has 2 aromatic heterocycles. The van der Waals surface area contributed by atoms with Crippen molar-refractivity contribution in [2.24, 2.45) is 0 Å². The molecule has 0 spiro atoms. The quantitative estimate of drug-likeness (QED) is 0.804. The van der Waals surface area contributed by atoms with E-state index in [1.165, 1.54) is 12.4 Å². The van der Waals surface area contributed by atoms with Crippen LogP contribution >= 0.6 is 0 Å². The van der Waals surface area contributed by atoms with E-state index in [1.54, 1.807) is 26.2 Å².